The second-order valence-electron chi connectivity index (χ2n) is 5.52. The van der Waals surface area contributed by atoms with Crippen LogP contribution in [0, 0.1) is 5.92 Å². The van der Waals surface area contributed by atoms with Crippen LogP contribution in [0.25, 0.3) is 6.08 Å². The monoisotopic (exact) mass is 385 g/mol. The average molecular weight is 386 g/mol. The molecule has 2 rings (SSSR count). The van der Waals surface area contributed by atoms with E-state index in [2.05, 4.69) is 28.2 Å². The molecule has 1 aliphatic carbocycles. The van der Waals surface area contributed by atoms with Crippen LogP contribution in [0.15, 0.2) is 22.0 Å². The van der Waals surface area contributed by atoms with Crippen LogP contribution in [0.1, 0.15) is 37.5 Å². The molecule has 1 aliphatic rings. The van der Waals surface area contributed by atoms with Gasteiger partial charge in [-0.05, 0) is 52.9 Å². The molecule has 0 saturated heterocycles. The first-order valence-corrected chi connectivity index (χ1v) is 9.05. The van der Waals surface area contributed by atoms with Crippen molar-refractivity contribution in [3.63, 3.8) is 0 Å². The van der Waals surface area contributed by atoms with Gasteiger partial charge in [-0.2, -0.15) is 0 Å². The van der Waals surface area contributed by atoms with Crippen LogP contribution < -0.4 is 5.32 Å². The second kappa shape index (κ2) is 8.48. The number of thiophene rings is 1. The number of nitrogens with one attached hydrogen (secondary N) is 1. The normalized spacial score (nSPS) is 21.7. The number of hydrogen-bond acceptors (Lipinski definition) is 4. The van der Waals surface area contributed by atoms with Gasteiger partial charge in [0.1, 0.15) is 0 Å². The second-order valence-corrected chi connectivity index (χ2v) is 8.01. The van der Waals surface area contributed by atoms with Crippen molar-refractivity contribution in [2.45, 2.75) is 38.6 Å². The Balaban J connectivity index is 1.71. The smallest absolute Gasteiger partial charge is 0.331 e. The highest BCUT2D eigenvalue weighted by Crippen LogP contribution is 2.24. The van der Waals surface area contributed by atoms with Gasteiger partial charge in [-0.1, -0.05) is 19.8 Å². The number of halogens is 1. The van der Waals surface area contributed by atoms with Crippen molar-refractivity contribution in [2.24, 2.45) is 5.92 Å². The lowest BCUT2D eigenvalue weighted by Crippen LogP contribution is -2.42. The SMILES string of the molecule is C[C@H]1CCCC[C@@H]1NC(=O)COC(=O)/C=C/c1ccc(Br)s1. The van der Waals surface area contributed by atoms with Crippen LogP contribution in [0.4, 0.5) is 0 Å². The lowest BCUT2D eigenvalue weighted by Gasteiger charge is -2.29. The molecule has 0 aromatic carbocycles. The van der Waals surface area contributed by atoms with Gasteiger partial charge < -0.3 is 10.1 Å². The van der Waals surface area contributed by atoms with Crippen LogP contribution in [-0.4, -0.2) is 24.5 Å². The summed E-state index contributed by atoms with van der Waals surface area (Å²) in [4.78, 5) is 24.4. The van der Waals surface area contributed by atoms with Crippen LogP contribution in [0.2, 0.25) is 0 Å². The zero-order chi connectivity index (χ0) is 15.9. The maximum atomic E-state index is 11.8. The average Bonchev–Trinajstić information content (AvgIpc) is 2.91. The fourth-order valence-corrected chi connectivity index (χ4v) is 3.86. The summed E-state index contributed by atoms with van der Waals surface area (Å²) in [7, 11) is 0. The molecule has 0 aliphatic heterocycles. The third-order valence-electron chi connectivity index (χ3n) is 3.78. The van der Waals surface area contributed by atoms with E-state index < -0.39 is 5.97 Å². The third-order valence-corrected chi connectivity index (χ3v) is 5.37. The first-order valence-electron chi connectivity index (χ1n) is 7.44. The first kappa shape index (κ1) is 17.2. The summed E-state index contributed by atoms with van der Waals surface area (Å²) in [5.74, 6) is -0.235. The largest absolute Gasteiger partial charge is 0.452 e. The van der Waals surface area contributed by atoms with Gasteiger partial charge in [0, 0.05) is 17.0 Å². The highest BCUT2D eigenvalue weighted by atomic mass is 79.9. The minimum absolute atomic E-state index is 0.207. The first-order chi connectivity index (χ1) is 10.5. The molecule has 0 bridgehead atoms. The highest BCUT2D eigenvalue weighted by molar-refractivity contribution is 9.11. The van der Waals surface area contributed by atoms with E-state index in [0.717, 1.165) is 27.9 Å². The summed E-state index contributed by atoms with van der Waals surface area (Å²) in [5.41, 5.74) is 0. The van der Waals surface area contributed by atoms with E-state index in [1.165, 1.54) is 23.8 Å². The predicted molar refractivity (Wildman–Crippen MR) is 91.6 cm³/mol. The van der Waals surface area contributed by atoms with Crippen molar-refractivity contribution in [1.82, 2.24) is 5.32 Å². The Morgan fingerprint density at radius 2 is 2.18 bits per heavy atom. The van der Waals surface area contributed by atoms with Gasteiger partial charge in [0.2, 0.25) is 0 Å². The number of hydrogen-bond donors (Lipinski definition) is 1. The summed E-state index contributed by atoms with van der Waals surface area (Å²) in [6, 6.07) is 4.02. The summed E-state index contributed by atoms with van der Waals surface area (Å²) in [6.45, 7) is 1.93. The molecule has 1 fully saturated rings. The van der Waals surface area contributed by atoms with E-state index in [9.17, 15) is 9.59 Å². The molecule has 1 aromatic heterocycles. The van der Waals surface area contributed by atoms with Crippen molar-refractivity contribution < 1.29 is 14.3 Å². The maximum absolute atomic E-state index is 11.8. The Hall–Kier alpha value is -1.14. The van der Waals surface area contributed by atoms with E-state index in [1.807, 2.05) is 12.1 Å². The molecule has 1 heterocycles. The Morgan fingerprint density at radius 1 is 1.41 bits per heavy atom. The Kier molecular flexibility index (Phi) is 6.64. The molecule has 0 unspecified atom stereocenters. The molecule has 2 atom stereocenters. The molecule has 0 spiro atoms. The Morgan fingerprint density at radius 3 is 2.86 bits per heavy atom. The number of rotatable bonds is 5. The lowest BCUT2D eigenvalue weighted by atomic mass is 9.86. The minimum Gasteiger partial charge on any atom is -0.452 e. The van der Waals surface area contributed by atoms with Gasteiger partial charge >= 0.3 is 5.97 Å². The van der Waals surface area contributed by atoms with Crippen LogP contribution in [0.5, 0.6) is 0 Å². The van der Waals surface area contributed by atoms with Gasteiger partial charge in [-0.3, -0.25) is 4.79 Å². The van der Waals surface area contributed by atoms with E-state index >= 15 is 0 Å². The van der Waals surface area contributed by atoms with Crippen molar-refractivity contribution in [3.05, 3.63) is 26.9 Å². The van der Waals surface area contributed by atoms with Crippen LogP contribution in [-0.2, 0) is 14.3 Å². The molecule has 1 N–H and O–H groups in total. The molecular weight excluding hydrogens is 366 g/mol. The molecule has 0 radical (unpaired) electrons. The maximum Gasteiger partial charge on any atom is 0.331 e. The molecule has 22 heavy (non-hydrogen) atoms. The standard InChI is InChI=1S/C16H20BrNO3S/c1-11-4-2-3-5-13(11)18-15(19)10-21-16(20)9-7-12-6-8-14(17)22-12/h6-9,11,13H,2-5,10H2,1H3,(H,18,19)/b9-7+/t11-,13-/m0/s1. The van der Waals surface area contributed by atoms with E-state index in [4.69, 9.17) is 4.74 Å². The fraction of sp³-hybridized carbons (Fsp3) is 0.500. The highest BCUT2D eigenvalue weighted by Gasteiger charge is 2.22. The van der Waals surface area contributed by atoms with Crippen LogP contribution in [0.3, 0.4) is 0 Å². The molecule has 1 saturated carbocycles. The van der Waals surface area contributed by atoms with Gasteiger partial charge in [0.25, 0.3) is 5.91 Å². The fourth-order valence-electron chi connectivity index (χ4n) is 2.53. The van der Waals surface area contributed by atoms with Crippen molar-refractivity contribution >= 4 is 45.2 Å². The van der Waals surface area contributed by atoms with Gasteiger partial charge in [-0.15, -0.1) is 11.3 Å². The topological polar surface area (TPSA) is 55.4 Å². The minimum atomic E-state index is -0.503. The molecule has 6 heteroatoms. The number of ether oxygens (including phenoxy) is 1. The van der Waals surface area contributed by atoms with Gasteiger partial charge in [-0.25, -0.2) is 4.79 Å². The number of amides is 1. The molecule has 1 aromatic rings. The van der Waals surface area contributed by atoms with Crippen LogP contribution >= 0.6 is 27.3 Å². The predicted octanol–water partition coefficient (Wildman–Crippen LogP) is 3.76. The summed E-state index contributed by atoms with van der Waals surface area (Å²) in [6.07, 6.45) is 7.55. The number of carbonyl (C=O) groups excluding carboxylic acids is 2. The quantitative estimate of drug-likeness (QED) is 0.619. The van der Waals surface area contributed by atoms with Crippen molar-refractivity contribution in [1.29, 1.82) is 0 Å². The third kappa shape index (κ3) is 5.57. The van der Waals surface area contributed by atoms with Gasteiger partial charge in [0.05, 0.1) is 3.79 Å². The van der Waals surface area contributed by atoms with E-state index in [1.54, 1.807) is 6.08 Å². The van der Waals surface area contributed by atoms with Crippen molar-refractivity contribution in [2.75, 3.05) is 6.61 Å². The molecule has 1 amide bonds. The number of carbonyl (C=O) groups is 2. The zero-order valence-corrected chi connectivity index (χ0v) is 14.9. The van der Waals surface area contributed by atoms with Crippen molar-refractivity contribution in [3.8, 4) is 0 Å². The zero-order valence-electron chi connectivity index (χ0n) is 12.5. The summed E-state index contributed by atoms with van der Waals surface area (Å²) >= 11 is 4.88. The lowest BCUT2D eigenvalue weighted by molar-refractivity contribution is -0.144. The molecule has 120 valence electrons. The summed E-state index contributed by atoms with van der Waals surface area (Å²) < 4.78 is 5.97. The Bertz CT molecular complexity index is 555. The summed E-state index contributed by atoms with van der Waals surface area (Å²) in [5, 5.41) is 2.96. The molecular formula is C16H20BrNO3S. The molecule has 4 nitrogen and oxygen atoms in total. The van der Waals surface area contributed by atoms with E-state index in [0.29, 0.717) is 5.92 Å². The van der Waals surface area contributed by atoms with Gasteiger partial charge in [0.15, 0.2) is 6.61 Å². The Labute approximate surface area is 143 Å². The van der Waals surface area contributed by atoms with E-state index in [-0.39, 0.29) is 18.6 Å². The number of esters is 1.